The molecule has 0 saturated heterocycles. The van der Waals surface area contributed by atoms with Crippen LogP contribution in [0.5, 0.6) is 5.75 Å². The maximum Gasteiger partial charge on any atom is 0.238 e. The average Bonchev–Trinajstić information content (AvgIpc) is 2.31. The highest BCUT2D eigenvalue weighted by molar-refractivity contribution is 5.92. The molecule has 0 aromatic heterocycles. The van der Waals surface area contributed by atoms with Crippen LogP contribution >= 0.6 is 0 Å². The lowest BCUT2D eigenvalue weighted by molar-refractivity contribution is -0.114. The molecule has 0 spiro atoms. The summed E-state index contributed by atoms with van der Waals surface area (Å²) in [6, 6.07) is 7.29. The highest BCUT2D eigenvalue weighted by Gasteiger charge is 2.00. The second-order valence-corrected chi connectivity index (χ2v) is 4.31. The Morgan fingerprint density at radius 2 is 2.00 bits per heavy atom. The van der Waals surface area contributed by atoms with E-state index in [9.17, 15) is 4.79 Å². The molecule has 0 radical (unpaired) electrons. The zero-order valence-electron chi connectivity index (χ0n) is 10.4. The zero-order valence-corrected chi connectivity index (χ0v) is 10.4. The molecule has 94 valence electrons. The van der Waals surface area contributed by atoms with Crippen molar-refractivity contribution >= 4 is 11.6 Å². The molecule has 0 bridgehead atoms. The van der Waals surface area contributed by atoms with Crippen LogP contribution in [0.25, 0.3) is 0 Å². The summed E-state index contributed by atoms with van der Waals surface area (Å²) in [4.78, 5) is 11.0. The van der Waals surface area contributed by atoms with E-state index < -0.39 is 0 Å². The normalized spacial score (nSPS) is 10.4. The number of benzene rings is 1. The molecule has 0 heterocycles. The third kappa shape index (κ3) is 5.36. The number of nitrogens with one attached hydrogen (secondary N) is 1. The Kier molecular flexibility index (Phi) is 5.49. The maximum atomic E-state index is 11.0. The molecule has 17 heavy (non-hydrogen) atoms. The number of anilines is 1. The van der Waals surface area contributed by atoms with E-state index in [-0.39, 0.29) is 12.5 Å². The molecule has 4 nitrogen and oxygen atoms in total. The van der Waals surface area contributed by atoms with Gasteiger partial charge in [-0.3, -0.25) is 4.79 Å². The van der Waals surface area contributed by atoms with Crippen molar-refractivity contribution in [1.82, 2.24) is 0 Å². The first-order chi connectivity index (χ1) is 8.11. The molecule has 0 aliphatic rings. The summed E-state index contributed by atoms with van der Waals surface area (Å²) in [7, 11) is 0. The van der Waals surface area contributed by atoms with Gasteiger partial charge < -0.3 is 15.8 Å². The van der Waals surface area contributed by atoms with Gasteiger partial charge in [-0.05, 0) is 36.6 Å². The molecule has 0 unspecified atom stereocenters. The minimum atomic E-state index is -0.196. The number of carbonyl (C=O) groups is 1. The van der Waals surface area contributed by atoms with Crippen molar-refractivity contribution in [2.24, 2.45) is 11.7 Å². The average molecular weight is 236 g/mol. The van der Waals surface area contributed by atoms with Gasteiger partial charge in [0.2, 0.25) is 5.91 Å². The summed E-state index contributed by atoms with van der Waals surface area (Å²) in [6.07, 6.45) is 1.03. The number of hydrogen-bond donors (Lipinski definition) is 2. The number of carbonyl (C=O) groups excluding carboxylic acids is 1. The molecule has 1 amide bonds. The van der Waals surface area contributed by atoms with Crippen LogP contribution in [0.4, 0.5) is 5.69 Å². The van der Waals surface area contributed by atoms with Crippen LogP contribution in [0.15, 0.2) is 24.3 Å². The zero-order chi connectivity index (χ0) is 12.7. The van der Waals surface area contributed by atoms with Crippen molar-refractivity contribution in [1.29, 1.82) is 0 Å². The molecule has 0 fully saturated rings. The molecular weight excluding hydrogens is 216 g/mol. The lowest BCUT2D eigenvalue weighted by Crippen LogP contribution is -2.21. The van der Waals surface area contributed by atoms with Crippen molar-refractivity contribution in [3.8, 4) is 5.75 Å². The van der Waals surface area contributed by atoms with Gasteiger partial charge in [0.15, 0.2) is 0 Å². The minimum absolute atomic E-state index is 0.00730. The fraction of sp³-hybridized carbons (Fsp3) is 0.462. The fourth-order valence-electron chi connectivity index (χ4n) is 1.26. The molecule has 1 aromatic rings. The van der Waals surface area contributed by atoms with Crippen LogP contribution in [0.2, 0.25) is 0 Å². The number of nitrogens with two attached hydrogens (primary N) is 1. The van der Waals surface area contributed by atoms with Crippen molar-refractivity contribution in [3.05, 3.63) is 24.3 Å². The van der Waals surface area contributed by atoms with Gasteiger partial charge in [-0.25, -0.2) is 0 Å². The van der Waals surface area contributed by atoms with Crippen LogP contribution in [0, 0.1) is 5.92 Å². The first kappa shape index (κ1) is 13.5. The van der Waals surface area contributed by atoms with Crippen molar-refractivity contribution in [2.75, 3.05) is 18.5 Å². The first-order valence-electron chi connectivity index (χ1n) is 5.84. The van der Waals surface area contributed by atoms with Gasteiger partial charge in [0.1, 0.15) is 5.75 Å². The predicted octanol–water partition coefficient (Wildman–Crippen LogP) is 2.01. The highest BCUT2D eigenvalue weighted by atomic mass is 16.5. The molecule has 1 aromatic carbocycles. The molecule has 1 rings (SSSR count). The number of hydrogen-bond acceptors (Lipinski definition) is 3. The number of ether oxygens (including phenoxy) is 1. The SMILES string of the molecule is CC(C)CCOc1ccc(NC(=O)CN)cc1. The standard InChI is InChI=1S/C13H20N2O2/c1-10(2)7-8-17-12-5-3-11(4-6-12)15-13(16)9-14/h3-6,10H,7-9,14H2,1-2H3,(H,15,16). The van der Waals surface area contributed by atoms with Gasteiger partial charge >= 0.3 is 0 Å². The van der Waals surface area contributed by atoms with Gasteiger partial charge in [0.05, 0.1) is 13.2 Å². The van der Waals surface area contributed by atoms with E-state index in [4.69, 9.17) is 10.5 Å². The van der Waals surface area contributed by atoms with Gasteiger partial charge in [-0.1, -0.05) is 13.8 Å². The summed E-state index contributed by atoms with van der Waals surface area (Å²) in [5.74, 6) is 1.26. The largest absolute Gasteiger partial charge is 0.494 e. The quantitative estimate of drug-likeness (QED) is 0.794. The molecule has 0 aliphatic carbocycles. The lowest BCUT2D eigenvalue weighted by Gasteiger charge is -2.09. The molecule has 3 N–H and O–H groups in total. The number of amides is 1. The van der Waals surface area contributed by atoms with Crippen LogP contribution < -0.4 is 15.8 Å². The van der Waals surface area contributed by atoms with E-state index in [1.807, 2.05) is 12.1 Å². The van der Waals surface area contributed by atoms with E-state index in [0.717, 1.165) is 17.9 Å². The van der Waals surface area contributed by atoms with Crippen LogP contribution in [-0.4, -0.2) is 19.1 Å². The summed E-state index contributed by atoms with van der Waals surface area (Å²) in [5, 5.41) is 2.67. The summed E-state index contributed by atoms with van der Waals surface area (Å²) < 4.78 is 5.57. The van der Waals surface area contributed by atoms with Gasteiger partial charge in [0.25, 0.3) is 0 Å². The maximum absolute atomic E-state index is 11.0. The van der Waals surface area contributed by atoms with Gasteiger partial charge in [-0.2, -0.15) is 0 Å². The van der Waals surface area contributed by atoms with Crippen molar-refractivity contribution in [3.63, 3.8) is 0 Å². The Balaban J connectivity index is 2.42. The van der Waals surface area contributed by atoms with E-state index in [0.29, 0.717) is 12.5 Å². The van der Waals surface area contributed by atoms with Crippen LogP contribution in [0.3, 0.4) is 0 Å². The Labute approximate surface area is 102 Å². The molecule has 0 atom stereocenters. The fourth-order valence-corrected chi connectivity index (χ4v) is 1.26. The Morgan fingerprint density at radius 1 is 1.35 bits per heavy atom. The topological polar surface area (TPSA) is 64.3 Å². The Morgan fingerprint density at radius 3 is 2.53 bits per heavy atom. The van der Waals surface area contributed by atoms with Crippen LogP contribution in [0.1, 0.15) is 20.3 Å². The van der Waals surface area contributed by atoms with E-state index in [2.05, 4.69) is 19.2 Å². The van der Waals surface area contributed by atoms with Crippen molar-refractivity contribution < 1.29 is 9.53 Å². The first-order valence-corrected chi connectivity index (χ1v) is 5.84. The molecule has 0 aliphatic heterocycles. The van der Waals surface area contributed by atoms with Gasteiger partial charge in [0, 0.05) is 5.69 Å². The van der Waals surface area contributed by atoms with Crippen molar-refractivity contribution in [2.45, 2.75) is 20.3 Å². The van der Waals surface area contributed by atoms with E-state index >= 15 is 0 Å². The number of rotatable bonds is 6. The van der Waals surface area contributed by atoms with Gasteiger partial charge in [-0.15, -0.1) is 0 Å². The summed E-state index contributed by atoms with van der Waals surface area (Å²) >= 11 is 0. The highest BCUT2D eigenvalue weighted by Crippen LogP contribution is 2.16. The Bertz CT molecular complexity index is 347. The second kappa shape index (κ2) is 6.91. The molecule has 0 saturated carbocycles. The van der Waals surface area contributed by atoms with E-state index in [1.54, 1.807) is 12.1 Å². The lowest BCUT2D eigenvalue weighted by atomic mass is 10.1. The third-order valence-electron chi connectivity index (χ3n) is 2.29. The third-order valence-corrected chi connectivity index (χ3v) is 2.29. The smallest absolute Gasteiger partial charge is 0.238 e. The molecule has 4 heteroatoms. The predicted molar refractivity (Wildman–Crippen MR) is 69.1 cm³/mol. The minimum Gasteiger partial charge on any atom is -0.494 e. The van der Waals surface area contributed by atoms with Crippen LogP contribution in [-0.2, 0) is 4.79 Å². The second-order valence-electron chi connectivity index (χ2n) is 4.31. The summed E-state index contributed by atoms with van der Waals surface area (Å²) in [5.41, 5.74) is 5.94. The summed E-state index contributed by atoms with van der Waals surface area (Å²) in [6.45, 7) is 5.03. The monoisotopic (exact) mass is 236 g/mol. The Hall–Kier alpha value is -1.55. The molecular formula is C13H20N2O2. The van der Waals surface area contributed by atoms with E-state index in [1.165, 1.54) is 0 Å².